The number of hydrogen-bond donors (Lipinski definition) is 0. The Morgan fingerprint density at radius 3 is 2.75 bits per heavy atom. The van der Waals surface area contributed by atoms with Gasteiger partial charge in [0, 0.05) is 31.0 Å². The molecule has 1 aromatic carbocycles. The lowest BCUT2D eigenvalue weighted by atomic mass is 10.1. The highest BCUT2D eigenvalue weighted by Gasteiger charge is 2.22. The molecule has 1 fully saturated rings. The van der Waals surface area contributed by atoms with Crippen molar-refractivity contribution in [3.8, 4) is 11.6 Å². The van der Waals surface area contributed by atoms with Gasteiger partial charge in [-0.25, -0.2) is 0 Å². The van der Waals surface area contributed by atoms with Gasteiger partial charge in [0.15, 0.2) is 10.9 Å². The van der Waals surface area contributed by atoms with Gasteiger partial charge < -0.3 is 9.32 Å². The molecule has 0 N–H and O–H groups in total. The summed E-state index contributed by atoms with van der Waals surface area (Å²) in [6.45, 7) is 6.11. The van der Waals surface area contributed by atoms with Gasteiger partial charge in [-0.3, -0.25) is 9.36 Å². The molecule has 1 aliphatic heterocycles. The van der Waals surface area contributed by atoms with E-state index < -0.39 is 0 Å². The third-order valence-corrected chi connectivity index (χ3v) is 5.78. The lowest BCUT2D eigenvalue weighted by Gasteiger charge is -2.17. The average molecular weight is 395 g/mol. The molecule has 1 saturated heterocycles. The van der Waals surface area contributed by atoms with Crippen molar-refractivity contribution in [1.82, 2.24) is 19.7 Å². The topological polar surface area (TPSA) is 64.2 Å². The van der Waals surface area contributed by atoms with Gasteiger partial charge in [0.2, 0.25) is 5.82 Å². The number of hydrogen-bond acceptors (Lipinski definition) is 5. The van der Waals surface area contributed by atoms with Gasteiger partial charge in [-0.05, 0) is 36.6 Å². The maximum Gasteiger partial charge on any atom is 0.254 e. The molecule has 1 aliphatic rings. The first-order chi connectivity index (χ1) is 13.8. The quantitative estimate of drug-likeness (QED) is 0.443. The lowest BCUT2D eigenvalue weighted by molar-refractivity contribution is 0.0792. The molecule has 4 rings (SSSR count). The Morgan fingerprint density at radius 1 is 1.18 bits per heavy atom. The molecule has 0 atom stereocenters. The highest BCUT2D eigenvalue weighted by molar-refractivity contribution is 7.98. The number of aromatic nitrogens is 3. The smallest absolute Gasteiger partial charge is 0.254 e. The number of benzene rings is 1. The summed E-state index contributed by atoms with van der Waals surface area (Å²) in [5, 5.41) is 9.39. The lowest BCUT2D eigenvalue weighted by Crippen LogP contribution is -2.28. The number of amides is 1. The molecule has 0 saturated carbocycles. The van der Waals surface area contributed by atoms with Crippen LogP contribution in [0.25, 0.3) is 11.6 Å². The van der Waals surface area contributed by atoms with E-state index in [1.165, 1.54) is 0 Å². The molecule has 3 heterocycles. The first kappa shape index (κ1) is 18.6. The van der Waals surface area contributed by atoms with Crippen molar-refractivity contribution in [3.63, 3.8) is 0 Å². The van der Waals surface area contributed by atoms with E-state index in [4.69, 9.17) is 4.42 Å². The van der Waals surface area contributed by atoms with Gasteiger partial charge in [0.1, 0.15) is 0 Å². The number of carbonyl (C=O) groups is 1. The van der Waals surface area contributed by atoms with E-state index in [2.05, 4.69) is 16.8 Å². The minimum atomic E-state index is 0.123. The Labute approximate surface area is 168 Å². The summed E-state index contributed by atoms with van der Waals surface area (Å²) in [5.41, 5.74) is 1.79. The van der Waals surface area contributed by atoms with E-state index in [0.29, 0.717) is 23.9 Å². The van der Waals surface area contributed by atoms with Gasteiger partial charge >= 0.3 is 0 Å². The molecule has 2 aromatic heterocycles. The summed E-state index contributed by atoms with van der Waals surface area (Å²) in [7, 11) is 0. The minimum absolute atomic E-state index is 0.123. The summed E-state index contributed by atoms with van der Waals surface area (Å²) in [6, 6.07) is 11.5. The zero-order valence-corrected chi connectivity index (χ0v) is 16.4. The van der Waals surface area contributed by atoms with Crippen molar-refractivity contribution in [3.05, 3.63) is 66.4 Å². The Bertz CT molecular complexity index is 959. The standard InChI is InChI=1S/C21H22N4O2S/c1-2-11-25-19(18-10-7-14-27-18)22-23-21(25)28-15-16-8-3-4-9-17(16)20(26)24-12-5-6-13-24/h2-4,7-10,14H,1,5-6,11-13,15H2. The van der Waals surface area contributed by atoms with E-state index in [0.717, 1.165) is 42.2 Å². The Balaban J connectivity index is 1.55. The number of rotatable bonds is 7. The molecule has 0 bridgehead atoms. The van der Waals surface area contributed by atoms with Crippen LogP contribution in [-0.4, -0.2) is 38.7 Å². The number of furan rings is 1. The molecular formula is C21H22N4O2S. The van der Waals surface area contributed by atoms with Crippen molar-refractivity contribution in [2.75, 3.05) is 13.1 Å². The second-order valence-electron chi connectivity index (χ2n) is 6.63. The molecule has 1 amide bonds. The van der Waals surface area contributed by atoms with Gasteiger partial charge in [-0.2, -0.15) is 0 Å². The van der Waals surface area contributed by atoms with E-state index >= 15 is 0 Å². The molecule has 6 nitrogen and oxygen atoms in total. The van der Waals surface area contributed by atoms with Gasteiger partial charge in [0.05, 0.1) is 6.26 Å². The number of nitrogens with zero attached hydrogens (tertiary/aromatic N) is 4. The summed E-state index contributed by atoms with van der Waals surface area (Å²) in [5.74, 6) is 2.11. The predicted molar refractivity (Wildman–Crippen MR) is 109 cm³/mol. The summed E-state index contributed by atoms with van der Waals surface area (Å²) in [4.78, 5) is 14.8. The van der Waals surface area contributed by atoms with Crippen molar-refractivity contribution in [2.45, 2.75) is 30.3 Å². The zero-order valence-electron chi connectivity index (χ0n) is 15.6. The van der Waals surface area contributed by atoms with Crippen LogP contribution in [-0.2, 0) is 12.3 Å². The summed E-state index contributed by atoms with van der Waals surface area (Å²) in [6.07, 6.45) is 5.60. The highest BCUT2D eigenvalue weighted by atomic mass is 32.2. The van der Waals surface area contributed by atoms with Crippen LogP contribution in [0.3, 0.4) is 0 Å². The fourth-order valence-electron chi connectivity index (χ4n) is 3.36. The normalized spacial score (nSPS) is 13.8. The van der Waals surface area contributed by atoms with Crippen LogP contribution < -0.4 is 0 Å². The van der Waals surface area contributed by atoms with Crippen molar-refractivity contribution >= 4 is 17.7 Å². The third kappa shape index (κ3) is 3.75. The summed E-state index contributed by atoms with van der Waals surface area (Å²) < 4.78 is 7.45. The van der Waals surface area contributed by atoms with Gasteiger partial charge in [0.25, 0.3) is 5.91 Å². The van der Waals surface area contributed by atoms with E-state index in [9.17, 15) is 4.79 Å². The van der Waals surface area contributed by atoms with Crippen LogP contribution in [0, 0.1) is 0 Å². The first-order valence-electron chi connectivity index (χ1n) is 9.36. The molecular weight excluding hydrogens is 372 g/mol. The summed E-state index contributed by atoms with van der Waals surface area (Å²) >= 11 is 1.56. The monoisotopic (exact) mass is 394 g/mol. The molecule has 28 heavy (non-hydrogen) atoms. The minimum Gasteiger partial charge on any atom is -0.461 e. The Hall–Kier alpha value is -2.80. The number of carbonyl (C=O) groups excluding carboxylic acids is 1. The van der Waals surface area contributed by atoms with Crippen molar-refractivity contribution in [2.24, 2.45) is 0 Å². The largest absolute Gasteiger partial charge is 0.461 e. The Morgan fingerprint density at radius 2 is 2.00 bits per heavy atom. The van der Waals surface area contributed by atoms with Crippen molar-refractivity contribution in [1.29, 1.82) is 0 Å². The first-order valence-corrected chi connectivity index (χ1v) is 10.3. The molecule has 7 heteroatoms. The molecule has 3 aromatic rings. The molecule has 0 spiro atoms. The molecule has 0 radical (unpaired) electrons. The molecule has 0 unspecified atom stereocenters. The predicted octanol–water partition coefficient (Wildman–Crippen LogP) is 4.25. The number of allylic oxidation sites excluding steroid dienone is 1. The zero-order chi connectivity index (χ0) is 19.3. The molecule has 144 valence electrons. The van der Waals surface area contributed by atoms with Crippen LogP contribution in [0.15, 0.2) is 64.9 Å². The Kier molecular flexibility index (Phi) is 5.62. The van der Waals surface area contributed by atoms with Crippen LogP contribution in [0.2, 0.25) is 0 Å². The van der Waals surface area contributed by atoms with E-state index in [1.807, 2.05) is 51.9 Å². The van der Waals surface area contributed by atoms with E-state index in [1.54, 1.807) is 18.0 Å². The van der Waals surface area contributed by atoms with Crippen LogP contribution in [0.4, 0.5) is 0 Å². The van der Waals surface area contributed by atoms with E-state index in [-0.39, 0.29) is 5.91 Å². The average Bonchev–Trinajstić information content (AvgIpc) is 3.48. The second-order valence-corrected chi connectivity index (χ2v) is 7.57. The number of likely N-dealkylation sites (tertiary alicyclic amines) is 1. The maximum absolute atomic E-state index is 12.9. The van der Waals surface area contributed by atoms with Crippen LogP contribution in [0.5, 0.6) is 0 Å². The SMILES string of the molecule is C=CCn1c(SCc2ccccc2C(=O)N2CCCC2)nnc1-c1ccco1. The third-order valence-electron chi connectivity index (χ3n) is 4.77. The van der Waals surface area contributed by atoms with Crippen LogP contribution >= 0.6 is 11.8 Å². The van der Waals surface area contributed by atoms with Crippen molar-refractivity contribution < 1.29 is 9.21 Å². The highest BCUT2D eigenvalue weighted by Crippen LogP contribution is 2.28. The van der Waals surface area contributed by atoms with Gasteiger partial charge in [-0.1, -0.05) is 36.0 Å². The van der Waals surface area contributed by atoms with Gasteiger partial charge in [-0.15, -0.1) is 16.8 Å². The van der Waals surface area contributed by atoms with Crippen LogP contribution in [0.1, 0.15) is 28.8 Å². The fourth-order valence-corrected chi connectivity index (χ4v) is 4.32. The molecule has 0 aliphatic carbocycles. The maximum atomic E-state index is 12.9. The fraction of sp³-hybridized carbons (Fsp3) is 0.286. The second kappa shape index (κ2) is 8.48. The number of thioether (sulfide) groups is 1.